The Balaban J connectivity index is 0.000000221. The summed E-state index contributed by atoms with van der Waals surface area (Å²) in [5.41, 5.74) is 0.323. The van der Waals surface area contributed by atoms with Gasteiger partial charge in [-0.25, -0.2) is 44.8 Å². The summed E-state index contributed by atoms with van der Waals surface area (Å²) in [7, 11) is -8.01. The molecule has 0 radical (unpaired) electrons. The summed E-state index contributed by atoms with van der Waals surface area (Å²) >= 11 is 0. The van der Waals surface area contributed by atoms with Gasteiger partial charge in [0.2, 0.25) is 32.6 Å². The van der Waals surface area contributed by atoms with E-state index in [2.05, 4.69) is 10.1 Å². The Kier molecular flexibility index (Phi) is 19.2. The van der Waals surface area contributed by atoms with Crippen molar-refractivity contribution in [2.24, 2.45) is 0 Å². The second-order valence-corrected chi connectivity index (χ2v) is 23.7. The van der Waals surface area contributed by atoms with Gasteiger partial charge in [-0.1, -0.05) is 84.9 Å². The molecule has 85 heavy (non-hydrogen) atoms. The van der Waals surface area contributed by atoms with Crippen LogP contribution in [0.15, 0.2) is 168 Å². The highest BCUT2D eigenvalue weighted by atomic mass is 32.2. The number of carboxylic acid groups (broad SMARTS) is 1. The quantitative estimate of drug-likeness (QED) is 0.0441. The highest BCUT2D eigenvalue weighted by Gasteiger charge is 2.53. The predicted octanol–water partition coefficient (Wildman–Crippen LogP) is 7.01. The molecule has 0 bridgehead atoms. The molecule has 6 aromatic rings. The van der Waals surface area contributed by atoms with Gasteiger partial charge < -0.3 is 43.6 Å². The van der Waals surface area contributed by atoms with E-state index in [1.165, 1.54) is 107 Å². The third kappa shape index (κ3) is 15.2. The van der Waals surface area contributed by atoms with Crippen LogP contribution >= 0.6 is 0 Å². The van der Waals surface area contributed by atoms with Gasteiger partial charge in [0.25, 0.3) is 0 Å². The van der Waals surface area contributed by atoms with Crippen molar-refractivity contribution in [1.29, 1.82) is 0 Å². The first kappa shape index (κ1) is 62.1. The number of esters is 3. The number of hydrogen-bond acceptors (Lipinski definition) is 17. The van der Waals surface area contributed by atoms with Gasteiger partial charge >= 0.3 is 36.1 Å². The standard InChI is InChI=1S/C30H29FN2O9S.C29H29FN2O9S/c1-20(34)40-21(2)41-29(36)33-19-39-28(35)27(33)16-22-7-6-10-26(15-22)43(37,38)32-17-30(18-32,23-8-4-3-5-9-23)42-25-13-11-24(31)12-14-25;1-19(33)39-20(2)40-28(36)31-26(27(34)35)16-21-7-6-10-25(15-21)42(37,38)32-17-29(18-32,22-8-4-3-5-9-22)41-24-13-11-23(30)12-14-24/h3-15,21,27H,16-19H2,1-2H3;3-15,20,26H,16-18H2,1-2H3,(H,31,36)(H,34,35)/t21?,27-;20?,26-/m00/s1. The van der Waals surface area contributed by atoms with Crippen molar-refractivity contribution in [1.82, 2.24) is 18.8 Å². The average Bonchev–Trinajstić information content (AvgIpc) is 1.34. The van der Waals surface area contributed by atoms with E-state index in [9.17, 15) is 59.5 Å². The van der Waals surface area contributed by atoms with Crippen molar-refractivity contribution >= 4 is 56.1 Å². The summed E-state index contributed by atoms with van der Waals surface area (Å²) in [6, 6.07) is 38.5. The Morgan fingerprint density at radius 3 is 1.49 bits per heavy atom. The molecular weight excluding hydrogens is 1150 g/mol. The molecule has 2 N–H and O–H groups in total. The van der Waals surface area contributed by atoms with Gasteiger partial charge in [0.15, 0.2) is 17.9 Å². The minimum Gasteiger partial charge on any atom is -0.480 e. The Morgan fingerprint density at radius 2 is 1.05 bits per heavy atom. The SMILES string of the molecule is CC(=O)OC(C)OC(=O)N1COC(=O)[C@@H]1Cc1cccc(S(=O)(=O)N2CC(Oc3ccc(F)cc3)(c3ccccc3)C2)c1.CC(=O)OC(C)OC(=O)N[C@@H](Cc1cccc(S(=O)(=O)N2CC(Oc3ccc(F)cc3)(c3ccccc3)C2)c1)C(=O)O. The number of carbonyl (C=O) groups is 6. The van der Waals surface area contributed by atoms with E-state index in [-0.39, 0.29) is 55.5 Å². The lowest BCUT2D eigenvalue weighted by atomic mass is 9.87. The zero-order valence-corrected chi connectivity index (χ0v) is 47.7. The van der Waals surface area contributed by atoms with E-state index in [1.807, 2.05) is 60.7 Å². The summed E-state index contributed by atoms with van der Waals surface area (Å²) in [6.07, 6.45) is -4.76. The first-order valence-electron chi connectivity index (χ1n) is 26.2. The maximum absolute atomic E-state index is 13.7. The summed E-state index contributed by atoms with van der Waals surface area (Å²) in [5, 5.41) is 11.8. The number of halogens is 2. The molecule has 448 valence electrons. The molecule has 2 unspecified atom stereocenters. The zero-order valence-electron chi connectivity index (χ0n) is 46.1. The van der Waals surface area contributed by atoms with Crippen LogP contribution in [0.2, 0.25) is 0 Å². The molecule has 0 saturated carbocycles. The largest absolute Gasteiger partial charge is 0.480 e. The minimum atomic E-state index is -4.02. The molecule has 6 aromatic carbocycles. The van der Waals surface area contributed by atoms with Crippen LogP contribution < -0.4 is 14.8 Å². The van der Waals surface area contributed by atoms with Crippen molar-refractivity contribution in [3.8, 4) is 11.5 Å². The molecule has 9 rings (SSSR count). The van der Waals surface area contributed by atoms with Crippen molar-refractivity contribution in [2.75, 3.05) is 32.9 Å². The number of benzene rings is 6. The number of ether oxygens (including phenoxy) is 7. The van der Waals surface area contributed by atoms with Crippen molar-refractivity contribution in [3.05, 3.63) is 192 Å². The van der Waals surface area contributed by atoms with Gasteiger partial charge in [-0.15, -0.1) is 0 Å². The smallest absolute Gasteiger partial charge is 0.416 e. The van der Waals surface area contributed by atoms with Crippen LogP contribution in [-0.2, 0) is 87.0 Å². The van der Waals surface area contributed by atoms with Crippen molar-refractivity contribution in [2.45, 2.75) is 86.2 Å². The summed E-state index contributed by atoms with van der Waals surface area (Å²) in [6.45, 7) is 4.55. The first-order chi connectivity index (χ1) is 40.3. The normalized spacial score (nSPS) is 17.3. The van der Waals surface area contributed by atoms with Crippen LogP contribution in [0, 0.1) is 11.6 Å². The fourth-order valence-electron chi connectivity index (χ4n) is 9.43. The van der Waals surface area contributed by atoms with Gasteiger partial charge in [-0.3, -0.25) is 14.5 Å². The number of cyclic esters (lactones) is 1. The van der Waals surface area contributed by atoms with Crippen molar-refractivity contribution in [3.63, 3.8) is 0 Å². The second-order valence-electron chi connectivity index (χ2n) is 19.8. The molecule has 3 heterocycles. The molecule has 3 aliphatic heterocycles. The Morgan fingerprint density at radius 1 is 0.612 bits per heavy atom. The molecule has 3 aliphatic rings. The maximum atomic E-state index is 13.7. The van der Waals surface area contributed by atoms with Gasteiger partial charge in [-0.05, 0) is 95.1 Å². The zero-order chi connectivity index (χ0) is 61.3. The second kappa shape index (κ2) is 26.3. The summed E-state index contributed by atoms with van der Waals surface area (Å²) < 4.78 is 121. The third-order valence-corrected chi connectivity index (χ3v) is 17.1. The molecule has 22 nitrogen and oxygen atoms in total. The third-order valence-electron chi connectivity index (χ3n) is 13.5. The van der Waals surface area contributed by atoms with Gasteiger partial charge in [-0.2, -0.15) is 8.61 Å². The molecular formula is C59H58F2N4O18S2. The number of carbonyl (C=O) groups excluding carboxylic acids is 5. The number of rotatable bonds is 20. The number of nitrogens with zero attached hydrogens (tertiary/aromatic N) is 3. The first-order valence-corrected chi connectivity index (χ1v) is 29.1. The fraction of sp³-hybridized carbons (Fsp3) is 0.288. The van der Waals surface area contributed by atoms with Crippen LogP contribution in [0.5, 0.6) is 11.5 Å². The Labute approximate surface area is 487 Å². The number of hydrogen-bond donors (Lipinski definition) is 2. The molecule has 0 spiro atoms. The topological polar surface area (TPSA) is 277 Å². The molecule has 4 atom stereocenters. The maximum Gasteiger partial charge on any atom is 0.416 e. The molecule has 3 fully saturated rings. The van der Waals surface area contributed by atoms with Gasteiger partial charge in [0, 0.05) is 40.5 Å². The number of alkyl carbamates (subject to hydrolysis) is 1. The number of nitrogens with one attached hydrogen (secondary N) is 1. The van der Waals surface area contributed by atoms with Gasteiger partial charge in [0.1, 0.15) is 35.2 Å². The van der Waals surface area contributed by atoms with E-state index < -0.39 is 104 Å². The molecule has 0 aliphatic carbocycles. The van der Waals surface area contributed by atoms with Gasteiger partial charge in [0.05, 0.1) is 36.0 Å². The van der Waals surface area contributed by atoms with Crippen LogP contribution in [0.1, 0.15) is 49.9 Å². The van der Waals surface area contributed by atoms with Crippen LogP contribution in [0.4, 0.5) is 18.4 Å². The Hall–Kier alpha value is -8.98. The molecule has 0 aromatic heterocycles. The van der Waals surface area contributed by atoms with E-state index in [0.29, 0.717) is 22.6 Å². The number of carboxylic acids is 1. The van der Waals surface area contributed by atoms with E-state index >= 15 is 0 Å². The summed E-state index contributed by atoms with van der Waals surface area (Å²) in [4.78, 5) is 72.1. The molecule has 26 heteroatoms. The predicted molar refractivity (Wildman–Crippen MR) is 295 cm³/mol. The number of sulfonamides is 2. The monoisotopic (exact) mass is 1210 g/mol. The van der Waals surface area contributed by atoms with Crippen LogP contribution in [0.3, 0.4) is 0 Å². The summed E-state index contributed by atoms with van der Waals surface area (Å²) in [5.74, 6) is -3.45. The fourth-order valence-corrected chi connectivity index (χ4v) is 12.6. The van der Waals surface area contributed by atoms with Crippen LogP contribution in [0.25, 0.3) is 0 Å². The highest BCUT2D eigenvalue weighted by molar-refractivity contribution is 7.89. The molecule has 2 amide bonds. The Bertz CT molecular complexity index is 3630. The number of amides is 2. The lowest BCUT2D eigenvalue weighted by Crippen LogP contribution is -2.64. The minimum absolute atomic E-state index is 0.00239. The van der Waals surface area contributed by atoms with E-state index in [4.69, 9.17) is 28.4 Å². The average molecular weight is 1210 g/mol. The molecule has 3 saturated heterocycles. The highest BCUT2D eigenvalue weighted by Crippen LogP contribution is 2.42. The lowest BCUT2D eigenvalue weighted by Gasteiger charge is -2.48. The number of aliphatic carboxylic acids is 1. The lowest BCUT2D eigenvalue weighted by molar-refractivity contribution is -0.164. The van der Waals surface area contributed by atoms with E-state index in [0.717, 1.165) is 29.9 Å². The van der Waals surface area contributed by atoms with Crippen molar-refractivity contribution < 1.29 is 92.6 Å². The van der Waals surface area contributed by atoms with Crippen LogP contribution in [-0.4, -0.2) is 129 Å². The van der Waals surface area contributed by atoms with E-state index in [1.54, 1.807) is 12.1 Å².